The van der Waals surface area contributed by atoms with Crippen LogP contribution < -0.4 is 10.5 Å². The monoisotopic (exact) mass is 696 g/mol. The van der Waals surface area contributed by atoms with Crippen LogP contribution in [0.5, 0.6) is 0 Å². The second-order valence-electron chi connectivity index (χ2n) is 10.0. The fraction of sp³-hybridized carbons (Fsp3) is 0.235. The zero-order chi connectivity index (χ0) is 35.7. The van der Waals surface area contributed by atoms with E-state index < -0.39 is 29.5 Å². The number of hydrogen-bond donors (Lipinski definition) is 0. The molecule has 0 saturated heterocycles. The molecule has 0 aliphatic carbocycles. The third-order valence-electron chi connectivity index (χ3n) is 6.85. The predicted molar refractivity (Wildman–Crippen MR) is 177 cm³/mol. The van der Waals surface area contributed by atoms with E-state index in [1.54, 1.807) is 32.0 Å². The fourth-order valence-electron chi connectivity index (χ4n) is 4.79. The Balaban J connectivity index is 0.000000221. The van der Waals surface area contributed by atoms with E-state index in [0.717, 1.165) is 23.1 Å². The standard InChI is InChI=1S/C17H16ClFN2O4.C17H15FN2O4/c1-3-25-17(23)11-7-12(19)9-13(8-11)21(10-24-2)16(22)14-5-4-6-20-15(14)18;1-3-24-17(22)10-7-12(18)14-13(8-10)20(9-23-2)16(21)11-5-4-6-19-15(11)14/h4-9H,3,10H2,1-2H3;4-8H,3,9H2,1-2H3. The zero-order valence-corrected chi connectivity index (χ0v) is 27.6. The van der Waals surface area contributed by atoms with Gasteiger partial charge in [0, 0.05) is 26.6 Å². The summed E-state index contributed by atoms with van der Waals surface area (Å²) in [6.07, 6.45) is 2.93. The van der Waals surface area contributed by atoms with Crippen LogP contribution >= 0.6 is 11.6 Å². The minimum absolute atomic E-state index is 0.00984. The smallest absolute Gasteiger partial charge is 0.338 e. The van der Waals surface area contributed by atoms with E-state index in [2.05, 4.69) is 9.97 Å². The number of nitrogens with zero attached hydrogens (tertiary/aromatic N) is 4. The molecule has 5 rings (SSSR count). The van der Waals surface area contributed by atoms with Gasteiger partial charge in [-0.3, -0.25) is 24.0 Å². The third-order valence-corrected chi connectivity index (χ3v) is 7.15. The Kier molecular flexibility index (Phi) is 12.4. The van der Waals surface area contributed by atoms with Crippen LogP contribution in [0, 0.1) is 11.6 Å². The van der Waals surface area contributed by atoms with Gasteiger partial charge < -0.3 is 18.9 Å². The van der Waals surface area contributed by atoms with E-state index >= 15 is 0 Å². The number of aromatic nitrogens is 3. The molecule has 3 aromatic heterocycles. The molecule has 2 aromatic carbocycles. The Hall–Kier alpha value is -5.31. The summed E-state index contributed by atoms with van der Waals surface area (Å²) in [5.41, 5.74) is 0.393. The van der Waals surface area contributed by atoms with Gasteiger partial charge in [0.05, 0.1) is 57.4 Å². The first kappa shape index (κ1) is 36.5. The van der Waals surface area contributed by atoms with Crippen molar-refractivity contribution >= 4 is 56.9 Å². The molecule has 1 amide bonds. The second-order valence-corrected chi connectivity index (χ2v) is 10.4. The Morgan fingerprint density at radius 3 is 2.16 bits per heavy atom. The number of anilines is 1. The van der Waals surface area contributed by atoms with Crippen LogP contribution in [0.3, 0.4) is 0 Å². The summed E-state index contributed by atoms with van der Waals surface area (Å²) in [6.45, 7) is 3.37. The molecule has 0 fully saturated rings. The van der Waals surface area contributed by atoms with Crippen molar-refractivity contribution in [2.75, 3.05) is 39.1 Å². The highest BCUT2D eigenvalue weighted by molar-refractivity contribution is 6.33. The Morgan fingerprint density at radius 1 is 0.878 bits per heavy atom. The molecule has 15 heteroatoms. The second kappa shape index (κ2) is 16.7. The van der Waals surface area contributed by atoms with E-state index in [1.807, 2.05) is 0 Å². The molecule has 0 aliphatic heterocycles. The fourth-order valence-corrected chi connectivity index (χ4v) is 4.99. The summed E-state index contributed by atoms with van der Waals surface area (Å²) in [6, 6.07) is 12.2. The van der Waals surface area contributed by atoms with Crippen molar-refractivity contribution in [3.05, 3.63) is 111 Å². The van der Waals surface area contributed by atoms with Gasteiger partial charge in [0.2, 0.25) is 0 Å². The maximum atomic E-state index is 14.7. The molecule has 12 nitrogen and oxygen atoms in total. The number of benzene rings is 2. The molecule has 256 valence electrons. The van der Waals surface area contributed by atoms with Gasteiger partial charge in [-0.05, 0) is 68.4 Å². The number of pyridine rings is 3. The molecule has 0 bridgehead atoms. The predicted octanol–water partition coefficient (Wildman–Crippen LogP) is 5.77. The zero-order valence-electron chi connectivity index (χ0n) is 26.9. The minimum atomic E-state index is -0.688. The van der Waals surface area contributed by atoms with Crippen molar-refractivity contribution < 1.29 is 42.1 Å². The molecular formula is C34H31ClF2N4O8. The summed E-state index contributed by atoms with van der Waals surface area (Å²) in [7, 11) is 2.81. The van der Waals surface area contributed by atoms with Gasteiger partial charge >= 0.3 is 11.9 Å². The number of methoxy groups -OCH3 is 2. The quantitative estimate of drug-likeness (QED) is 0.0765. The summed E-state index contributed by atoms with van der Waals surface area (Å²) in [4.78, 5) is 58.3. The van der Waals surface area contributed by atoms with Crippen LogP contribution in [0.1, 0.15) is 44.9 Å². The first-order valence-electron chi connectivity index (χ1n) is 14.7. The van der Waals surface area contributed by atoms with Gasteiger partial charge in [0.1, 0.15) is 30.2 Å². The average Bonchev–Trinajstić information content (AvgIpc) is 3.09. The number of hydrogen-bond acceptors (Lipinski definition) is 10. The number of halogens is 3. The molecule has 0 unspecified atom stereocenters. The first-order valence-corrected chi connectivity index (χ1v) is 15.1. The van der Waals surface area contributed by atoms with Crippen molar-refractivity contribution in [1.29, 1.82) is 0 Å². The van der Waals surface area contributed by atoms with Crippen LogP contribution in [-0.4, -0.2) is 66.5 Å². The van der Waals surface area contributed by atoms with E-state index in [4.69, 9.17) is 30.5 Å². The lowest BCUT2D eigenvalue weighted by Crippen LogP contribution is -2.33. The molecule has 0 saturated carbocycles. The van der Waals surface area contributed by atoms with Crippen molar-refractivity contribution in [3.8, 4) is 0 Å². The maximum Gasteiger partial charge on any atom is 0.338 e. The SMILES string of the molecule is CCOC(=O)c1cc(F)c2c3ncccc3c(=O)n(COC)c2c1.CCOC(=O)c1cc(F)cc(N(COC)C(=O)c2cccnc2Cl)c1. The van der Waals surface area contributed by atoms with Gasteiger partial charge in [-0.25, -0.2) is 23.4 Å². The van der Waals surface area contributed by atoms with Gasteiger partial charge in [-0.15, -0.1) is 0 Å². The van der Waals surface area contributed by atoms with Crippen LogP contribution in [0.4, 0.5) is 14.5 Å². The molecule has 49 heavy (non-hydrogen) atoms. The lowest BCUT2D eigenvalue weighted by atomic mass is 10.1. The van der Waals surface area contributed by atoms with Crippen LogP contribution in [0.2, 0.25) is 5.15 Å². The summed E-state index contributed by atoms with van der Waals surface area (Å²) < 4.78 is 49.8. The number of esters is 2. The Labute approximate surface area is 283 Å². The molecule has 0 N–H and O–H groups in total. The van der Waals surface area contributed by atoms with Crippen molar-refractivity contribution in [2.24, 2.45) is 0 Å². The molecule has 0 radical (unpaired) electrons. The van der Waals surface area contributed by atoms with Gasteiger partial charge in [-0.1, -0.05) is 11.6 Å². The summed E-state index contributed by atoms with van der Waals surface area (Å²) in [5, 5.41) is 0.454. The first-order chi connectivity index (χ1) is 23.6. The number of carbonyl (C=O) groups is 3. The molecule has 3 heterocycles. The summed E-state index contributed by atoms with van der Waals surface area (Å²) >= 11 is 5.96. The number of ether oxygens (including phenoxy) is 4. The van der Waals surface area contributed by atoms with E-state index in [-0.39, 0.29) is 81.6 Å². The van der Waals surface area contributed by atoms with E-state index in [9.17, 15) is 28.0 Å². The van der Waals surface area contributed by atoms with E-state index in [0.29, 0.717) is 0 Å². The molecule has 0 atom stereocenters. The van der Waals surface area contributed by atoms with Gasteiger partial charge in [0.15, 0.2) is 0 Å². The van der Waals surface area contributed by atoms with Crippen molar-refractivity contribution in [3.63, 3.8) is 0 Å². The van der Waals surface area contributed by atoms with E-state index in [1.165, 1.54) is 49.4 Å². The minimum Gasteiger partial charge on any atom is -0.462 e. The van der Waals surface area contributed by atoms with Crippen LogP contribution in [0.25, 0.3) is 21.8 Å². The van der Waals surface area contributed by atoms with Gasteiger partial charge in [0.25, 0.3) is 11.5 Å². The lowest BCUT2D eigenvalue weighted by Gasteiger charge is -2.22. The molecule has 0 aliphatic rings. The van der Waals surface area contributed by atoms with Crippen molar-refractivity contribution in [1.82, 2.24) is 14.5 Å². The topological polar surface area (TPSA) is 139 Å². The number of rotatable bonds is 10. The number of carbonyl (C=O) groups excluding carboxylic acids is 3. The normalized spacial score (nSPS) is 10.8. The van der Waals surface area contributed by atoms with Gasteiger partial charge in [-0.2, -0.15) is 0 Å². The number of amides is 1. The highest BCUT2D eigenvalue weighted by Crippen LogP contribution is 2.26. The third kappa shape index (κ3) is 8.23. The average molecular weight is 697 g/mol. The number of fused-ring (bicyclic) bond motifs is 3. The van der Waals surface area contributed by atoms with Crippen molar-refractivity contribution in [2.45, 2.75) is 20.6 Å². The lowest BCUT2D eigenvalue weighted by molar-refractivity contribution is 0.0516. The molecular weight excluding hydrogens is 666 g/mol. The van der Waals surface area contributed by atoms with Crippen LogP contribution in [-0.2, 0) is 25.7 Å². The Bertz CT molecular complexity index is 2070. The highest BCUT2D eigenvalue weighted by atomic mass is 35.5. The maximum absolute atomic E-state index is 14.7. The highest BCUT2D eigenvalue weighted by Gasteiger charge is 2.23. The molecule has 0 spiro atoms. The van der Waals surface area contributed by atoms with Crippen LogP contribution in [0.15, 0.2) is 71.8 Å². The largest absolute Gasteiger partial charge is 0.462 e. The Morgan fingerprint density at radius 2 is 1.53 bits per heavy atom. The summed E-state index contributed by atoms with van der Waals surface area (Å²) in [5.74, 6) is -3.22. The molecule has 5 aromatic rings.